The number of amides is 2. The van der Waals surface area contributed by atoms with E-state index in [-0.39, 0.29) is 0 Å². The number of likely N-dealkylation sites (N-methyl/N-ethyl adjacent to an activating group) is 1. The maximum Gasteiger partial charge on any atom is 0.312 e. The zero-order chi connectivity index (χ0) is 12.0. The predicted octanol–water partition coefficient (Wildman–Crippen LogP) is -0.377. The molecule has 92 valence electrons. The highest BCUT2D eigenvalue weighted by molar-refractivity contribution is 7.80. The van der Waals surface area contributed by atoms with E-state index in [2.05, 4.69) is 12.6 Å². The van der Waals surface area contributed by atoms with Gasteiger partial charge in [-0.15, -0.1) is 0 Å². The van der Waals surface area contributed by atoms with Gasteiger partial charge in [0, 0.05) is 31.9 Å². The average molecular weight is 246 g/mol. The van der Waals surface area contributed by atoms with Gasteiger partial charge in [-0.25, -0.2) is 0 Å². The summed E-state index contributed by atoms with van der Waals surface area (Å²) in [5.41, 5.74) is 0. The predicted molar refractivity (Wildman–Crippen MR) is 63.5 cm³/mol. The van der Waals surface area contributed by atoms with Crippen LogP contribution >= 0.6 is 12.6 Å². The molecular weight excluding hydrogens is 228 g/mol. The van der Waals surface area contributed by atoms with Crippen molar-refractivity contribution < 1.29 is 14.3 Å². The van der Waals surface area contributed by atoms with Gasteiger partial charge < -0.3 is 14.5 Å². The Morgan fingerprint density at radius 1 is 1.19 bits per heavy atom. The summed E-state index contributed by atoms with van der Waals surface area (Å²) >= 11 is 4.01. The second-order valence-electron chi connectivity index (χ2n) is 3.51. The van der Waals surface area contributed by atoms with Crippen molar-refractivity contribution in [2.24, 2.45) is 0 Å². The minimum atomic E-state index is -0.414. The Kier molecular flexibility index (Phi) is 5.62. The van der Waals surface area contributed by atoms with Crippen LogP contribution in [0.5, 0.6) is 0 Å². The number of hydrogen-bond acceptors (Lipinski definition) is 4. The van der Waals surface area contributed by atoms with Crippen LogP contribution < -0.4 is 0 Å². The van der Waals surface area contributed by atoms with Gasteiger partial charge in [-0.05, 0) is 6.92 Å². The Morgan fingerprint density at radius 2 is 1.81 bits per heavy atom. The Hall–Kier alpha value is -0.750. The van der Waals surface area contributed by atoms with Gasteiger partial charge in [0.15, 0.2) is 0 Å². The third kappa shape index (κ3) is 3.38. The summed E-state index contributed by atoms with van der Waals surface area (Å²) in [4.78, 5) is 26.3. The van der Waals surface area contributed by atoms with Gasteiger partial charge in [-0.1, -0.05) is 0 Å². The Bertz CT molecular complexity index is 260. The van der Waals surface area contributed by atoms with E-state index in [1.165, 1.54) is 0 Å². The van der Waals surface area contributed by atoms with Gasteiger partial charge in [0.1, 0.15) is 0 Å². The van der Waals surface area contributed by atoms with Gasteiger partial charge in [0.25, 0.3) is 0 Å². The lowest BCUT2D eigenvalue weighted by Gasteiger charge is -2.32. The van der Waals surface area contributed by atoms with Crippen LogP contribution in [-0.4, -0.2) is 66.8 Å². The molecule has 1 fully saturated rings. The maximum atomic E-state index is 11.6. The molecule has 16 heavy (non-hydrogen) atoms. The van der Waals surface area contributed by atoms with Gasteiger partial charge in [-0.3, -0.25) is 9.59 Å². The molecule has 0 unspecified atom stereocenters. The second-order valence-corrected chi connectivity index (χ2v) is 3.96. The van der Waals surface area contributed by atoms with Crippen LogP contribution in [0.25, 0.3) is 0 Å². The van der Waals surface area contributed by atoms with Crippen LogP contribution in [0.1, 0.15) is 6.92 Å². The highest BCUT2D eigenvalue weighted by Gasteiger charge is 2.30. The second kappa shape index (κ2) is 6.75. The summed E-state index contributed by atoms with van der Waals surface area (Å²) in [5, 5.41) is 0. The van der Waals surface area contributed by atoms with E-state index in [1.54, 1.807) is 9.80 Å². The van der Waals surface area contributed by atoms with Crippen molar-refractivity contribution >= 4 is 24.4 Å². The molecule has 1 heterocycles. The molecule has 0 radical (unpaired) electrons. The summed E-state index contributed by atoms with van der Waals surface area (Å²) in [6.07, 6.45) is 0. The average Bonchev–Trinajstić information content (AvgIpc) is 2.30. The Labute approximate surface area is 101 Å². The molecule has 6 heteroatoms. The lowest BCUT2D eigenvalue weighted by atomic mass is 10.3. The molecule has 1 rings (SSSR count). The Balaban J connectivity index is 2.34. The minimum absolute atomic E-state index is 0.400. The lowest BCUT2D eigenvalue weighted by Crippen LogP contribution is -2.54. The fraction of sp³-hybridized carbons (Fsp3) is 0.800. The van der Waals surface area contributed by atoms with E-state index < -0.39 is 11.8 Å². The van der Waals surface area contributed by atoms with Crippen LogP contribution in [0, 0.1) is 0 Å². The topological polar surface area (TPSA) is 49.9 Å². The molecule has 0 bridgehead atoms. The first-order valence-corrected chi connectivity index (χ1v) is 6.10. The van der Waals surface area contributed by atoms with Crippen LogP contribution in [0.3, 0.4) is 0 Å². The number of piperazine rings is 1. The number of carbonyl (C=O) groups excluding carboxylic acids is 2. The normalized spacial score (nSPS) is 17.1. The molecule has 0 aliphatic carbocycles. The molecule has 0 aromatic carbocycles. The molecule has 1 aliphatic rings. The summed E-state index contributed by atoms with van der Waals surface area (Å²) < 4.78 is 5.23. The molecule has 0 aromatic heterocycles. The van der Waals surface area contributed by atoms with E-state index in [0.717, 1.165) is 0 Å². The highest BCUT2D eigenvalue weighted by Crippen LogP contribution is 2.04. The molecule has 1 aliphatic heterocycles. The fourth-order valence-corrected chi connectivity index (χ4v) is 1.70. The molecule has 0 atom stereocenters. The minimum Gasteiger partial charge on any atom is -0.379 e. The monoisotopic (exact) mass is 246 g/mol. The van der Waals surface area contributed by atoms with E-state index in [9.17, 15) is 9.59 Å². The van der Waals surface area contributed by atoms with Crippen molar-refractivity contribution in [3.8, 4) is 0 Å². The number of carbonyl (C=O) groups is 2. The SMILES string of the molecule is CCN1CCN(CCOCCS)C(=O)C1=O. The number of thiol groups is 1. The molecule has 5 nitrogen and oxygen atoms in total. The van der Waals surface area contributed by atoms with E-state index >= 15 is 0 Å². The molecule has 0 aromatic rings. The third-order valence-electron chi connectivity index (χ3n) is 2.52. The maximum absolute atomic E-state index is 11.6. The van der Waals surface area contributed by atoms with Crippen LogP contribution in [0.4, 0.5) is 0 Å². The fourth-order valence-electron chi connectivity index (χ4n) is 1.57. The standard InChI is InChI=1S/C10H18N2O3S/c1-2-11-3-4-12(10(14)9(11)13)5-6-15-7-8-16/h16H,2-8H2,1H3. The van der Waals surface area contributed by atoms with Crippen molar-refractivity contribution in [3.05, 3.63) is 0 Å². The molecule has 0 N–H and O–H groups in total. The largest absolute Gasteiger partial charge is 0.379 e. The number of ether oxygens (including phenoxy) is 1. The van der Waals surface area contributed by atoms with Gasteiger partial charge in [0.2, 0.25) is 0 Å². The van der Waals surface area contributed by atoms with Crippen LogP contribution in [0.15, 0.2) is 0 Å². The smallest absolute Gasteiger partial charge is 0.312 e. The molecular formula is C10H18N2O3S. The van der Waals surface area contributed by atoms with Gasteiger partial charge in [-0.2, -0.15) is 12.6 Å². The first-order chi connectivity index (χ1) is 7.70. The van der Waals surface area contributed by atoms with Crippen LogP contribution in [-0.2, 0) is 14.3 Å². The summed E-state index contributed by atoms with van der Waals surface area (Å²) in [6.45, 7) is 5.20. The molecule has 0 saturated carbocycles. The van der Waals surface area contributed by atoms with Crippen molar-refractivity contribution in [2.45, 2.75) is 6.92 Å². The van der Waals surface area contributed by atoms with E-state index in [1.807, 2.05) is 6.92 Å². The number of nitrogens with zero attached hydrogens (tertiary/aromatic N) is 2. The number of rotatable bonds is 6. The van der Waals surface area contributed by atoms with Crippen molar-refractivity contribution in [1.29, 1.82) is 0 Å². The van der Waals surface area contributed by atoms with E-state index in [4.69, 9.17) is 4.74 Å². The first-order valence-electron chi connectivity index (χ1n) is 5.47. The third-order valence-corrected chi connectivity index (χ3v) is 2.70. The van der Waals surface area contributed by atoms with Crippen LogP contribution in [0.2, 0.25) is 0 Å². The number of hydrogen-bond donors (Lipinski definition) is 1. The highest BCUT2D eigenvalue weighted by atomic mass is 32.1. The molecule has 2 amide bonds. The Morgan fingerprint density at radius 3 is 2.44 bits per heavy atom. The molecule has 0 spiro atoms. The van der Waals surface area contributed by atoms with Gasteiger partial charge in [0.05, 0.1) is 13.2 Å². The molecule has 1 saturated heterocycles. The van der Waals surface area contributed by atoms with E-state index in [0.29, 0.717) is 45.1 Å². The van der Waals surface area contributed by atoms with Crippen molar-refractivity contribution in [3.63, 3.8) is 0 Å². The summed E-state index contributed by atoms with van der Waals surface area (Å²) in [6, 6.07) is 0. The lowest BCUT2D eigenvalue weighted by molar-refractivity contribution is -0.156. The van der Waals surface area contributed by atoms with Crippen molar-refractivity contribution in [1.82, 2.24) is 9.80 Å². The first kappa shape index (κ1) is 13.3. The zero-order valence-electron chi connectivity index (χ0n) is 9.52. The quantitative estimate of drug-likeness (QED) is 0.395. The summed E-state index contributed by atoms with van der Waals surface area (Å²) in [5.74, 6) is -0.151. The van der Waals surface area contributed by atoms with Gasteiger partial charge >= 0.3 is 11.8 Å². The zero-order valence-corrected chi connectivity index (χ0v) is 10.4. The summed E-state index contributed by atoms with van der Waals surface area (Å²) in [7, 11) is 0. The van der Waals surface area contributed by atoms with Crippen molar-refractivity contribution in [2.75, 3.05) is 45.1 Å².